The number of sulfonamides is 1. The standard InChI is InChI=1S/C21H21N3O7S/c25-19(15-5-7-16(8-6-15)24(27)28)14-23-18-10-9-17(13-20(18)31-21(23)26)32(29,30)22-11-3-1-2-4-12-22/h5-10,13H,1-4,11-12,14H2. The highest BCUT2D eigenvalue weighted by molar-refractivity contribution is 7.89. The molecule has 4 rings (SSSR count). The number of nitrogens with zero attached hydrogens (tertiary/aromatic N) is 3. The number of rotatable bonds is 6. The van der Waals surface area contributed by atoms with Crippen molar-refractivity contribution in [3.05, 3.63) is 68.7 Å². The molecule has 0 spiro atoms. The maximum absolute atomic E-state index is 13.0. The van der Waals surface area contributed by atoms with Crippen molar-refractivity contribution in [2.75, 3.05) is 13.1 Å². The Morgan fingerprint density at radius 2 is 1.69 bits per heavy atom. The fourth-order valence-electron chi connectivity index (χ4n) is 3.79. The molecule has 32 heavy (non-hydrogen) atoms. The number of ketones is 1. The zero-order valence-electron chi connectivity index (χ0n) is 17.1. The Hall–Kier alpha value is -3.31. The minimum Gasteiger partial charge on any atom is -0.408 e. The van der Waals surface area contributed by atoms with E-state index in [1.807, 2.05) is 0 Å². The third kappa shape index (κ3) is 4.21. The van der Waals surface area contributed by atoms with Gasteiger partial charge >= 0.3 is 5.76 Å². The molecule has 0 saturated carbocycles. The highest BCUT2D eigenvalue weighted by Crippen LogP contribution is 2.24. The molecule has 3 aromatic rings. The summed E-state index contributed by atoms with van der Waals surface area (Å²) in [6.45, 7) is 0.562. The van der Waals surface area contributed by atoms with Gasteiger partial charge in [0.1, 0.15) is 0 Å². The van der Waals surface area contributed by atoms with Crippen molar-refractivity contribution in [2.24, 2.45) is 0 Å². The average Bonchev–Trinajstić information content (AvgIpc) is 2.95. The summed E-state index contributed by atoms with van der Waals surface area (Å²) >= 11 is 0. The molecule has 0 amide bonds. The number of benzene rings is 2. The lowest BCUT2D eigenvalue weighted by Crippen LogP contribution is -2.31. The van der Waals surface area contributed by atoms with Crippen LogP contribution in [-0.2, 0) is 16.6 Å². The summed E-state index contributed by atoms with van der Waals surface area (Å²) in [4.78, 5) is 35.2. The van der Waals surface area contributed by atoms with E-state index in [-0.39, 0.29) is 28.3 Å². The van der Waals surface area contributed by atoms with Gasteiger partial charge in [-0.2, -0.15) is 4.31 Å². The molecule has 0 unspecified atom stereocenters. The van der Waals surface area contributed by atoms with Crippen molar-refractivity contribution >= 4 is 32.6 Å². The first-order valence-corrected chi connectivity index (χ1v) is 11.6. The Bertz CT molecular complexity index is 1330. The van der Waals surface area contributed by atoms with E-state index in [0.29, 0.717) is 18.6 Å². The molecular weight excluding hydrogens is 438 g/mol. The van der Waals surface area contributed by atoms with Gasteiger partial charge < -0.3 is 4.42 Å². The average molecular weight is 459 g/mol. The number of non-ortho nitro benzene ring substituents is 1. The summed E-state index contributed by atoms with van der Waals surface area (Å²) in [5, 5.41) is 10.8. The van der Waals surface area contributed by atoms with Crippen molar-refractivity contribution in [2.45, 2.75) is 37.1 Å². The van der Waals surface area contributed by atoms with Crippen LogP contribution in [-0.4, -0.2) is 41.1 Å². The van der Waals surface area contributed by atoms with Crippen molar-refractivity contribution < 1.29 is 22.6 Å². The van der Waals surface area contributed by atoms with E-state index in [1.54, 1.807) is 0 Å². The molecule has 0 aliphatic carbocycles. The van der Waals surface area contributed by atoms with Crippen molar-refractivity contribution in [1.82, 2.24) is 8.87 Å². The molecule has 0 radical (unpaired) electrons. The van der Waals surface area contributed by atoms with E-state index in [2.05, 4.69) is 0 Å². The monoisotopic (exact) mass is 459 g/mol. The first kappa shape index (κ1) is 21.9. The van der Waals surface area contributed by atoms with Crippen LogP contribution in [0.4, 0.5) is 5.69 Å². The second-order valence-electron chi connectivity index (χ2n) is 7.63. The van der Waals surface area contributed by atoms with E-state index >= 15 is 0 Å². The Labute approximate surface area is 183 Å². The van der Waals surface area contributed by atoms with Crippen molar-refractivity contribution in [3.63, 3.8) is 0 Å². The number of hydrogen-bond donors (Lipinski definition) is 0. The van der Waals surface area contributed by atoms with E-state index in [4.69, 9.17) is 4.42 Å². The normalized spacial score (nSPS) is 15.5. The van der Waals surface area contributed by atoms with E-state index in [0.717, 1.165) is 30.3 Å². The number of aromatic nitrogens is 1. The minimum atomic E-state index is -3.72. The molecule has 2 aromatic carbocycles. The molecule has 10 nitrogen and oxygen atoms in total. The fourth-order valence-corrected chi connectivity index (χ4v) is 5.32. The highest BCUT2D eigenvalue weighted by Gasteiger charge is 2.26. The van der Waals surface area contributed by atoms with Gasteiger partial charge in [-0.15, -0.1) is 0 Å². The predicted octanol–water partition coefficient (Wildman–Crippen LogP) is 2.95. The molecule has 0 atom stereocenters. The SMILES string of the molecule is O=C(Cn1c(=O)oc2cc(S(=O)(=O)N3CCCCCC3)ccc21)c1ccc([N+](=O)[O-])cc1. The van der Waals surface area contributed by atoms with Gasteiger partial charge in [0.05, 0.1) is 21.9 Å². The Morgan fingerprint density at radius 3 is 2.31 bits per heavy atom. The summed E-state index contributed by atoms with van der Waals surface area (Å²) in [5.74, 6) is -1.23. The van der Waals surface area contributed by atoms with Gasteiger partial charge in [-0.3, -0.25) is 19.5 Å². The Kier molecular flexibility index (Phi) is 5.94. The van der Waals surface area contributed by atoms with Gasteiger partial charge in [-0.1, -0.05) is 12.8 Å². The number of nitro groups is 1. The largest absolute Gasteiger partial charge is 0.420 e. The van der Waals surface area contributed by atoms with Crippen LogP contribution in [0.1, 0.15) is 36.0 Å². The molecule has 1 fully saturated rings. The number of Topliss-reactive ketones (excluding diaryl/α,β-unsaturated/α-hetero) is 1. The minimum absolute atomic E-state index is 0.0366. The third-order valence-corrected chi connectivity index (χ3v) is 7.44. The first-order chi connectivity index (χ1) is 15.3. The summed E-state index contributed by atoms with van der Waals surface area (Å²) in [5.41, 5.74) is 0.422. The number of hydrogen-bond acceptors (Lipinski definition) is 7. The molecule has 1 saturated heterocycles. The lowest BCUT2D eigenvalue weighted by molar-refractivity contribution is -0.384. The van der Waals surface area contributed by atoms with Gasteiger partial charge in [-0.25, -0.2) is 13.2 Å². The third-order valence-electron chi connectivity index (χ3n) is 5.54. The highest BCUT2D eigenvalue weighted by atomic mass is 32.2. The molecule has 1 aromatic heterocycles. The number of carbonyl (C=O) groups is 1. The second-order valence-corrected chi connectivity index (χ2v) is 9.57. The van der Waals surface area contributed by atoms with Crippen LogP contribution in [0.3, 0.4) is 0 Å². The summed E-state index contributed by atoms with van der Waals surface area (Å²) in [6, 6.07) is 9.23. The van der Waals surface area contributed by atoms with Gasteiger partial charge in [0, 0.05) is 36.9 Å². The Balaban J connectivity index is 1.62. The van der Waals surface area contributed by atoms with E-state index in [1.165, 1.54) is 46.8 Å². The van der Waals surface area contributed by atoms with Gasteiger partial charge in [0.2, 0.25) is 10.0 Å². The number of carbonyl (C=O) groups excluding carboxylic acids is 1. The molecule has 1 aliphatic rings. The second kappa shape index (κ2) is 8.67. The number of fused-ring (bicyclic) bond motifs is 1. The van der Waals surface area contributed by atoms with Crippen LogP contribution in [0.5, 0.6) is 0 Å². The smallest absolute Gasteiger partial charge is 0.408 e. The van der Waals surface area contributed by atoms with Crippen LogP contribution in [0.15, 0.2) is 56.6 Å². The summed E-state index contributed by atoms with van der Waals surface area (Å²) in [7, 11) is -3.72. The van der Waals surface area contributed by atoms with Crippen molar-refractivity contribution in [3.8, 4) is 0 Å². The molecular formula is C21H21N3O7S. The maximum atomic E-state index is 13.0. The summed E-state index contributed by atoms with van der Waals surface area (Å²) < 4.78 is 33.8. The lowest BCUT2D eigenvalue weighted by atomic mass is 10.1. The van der Waals surface area contributed by atoms with Gasteiger partial charge in [0.15, 0.2) is 11.4 Å². The fraction of sp³-hybridized carbons (Fsp3) is 0.333. The van der Waals surface area contributed by atoms with E-state index < -0.39 is 26.5 Å². The topological polar surface area (TPSA) is 133 Å². The van der Waals surface area contributed by atoms with Crippen LogP contribution in [0, 0.1) is 10.1 Å². The van der Waals surface area contributed by atoms with Crippen LogP contribution in [0.2, 0.25) is 0 Å². The summed E-state index contributed by atoms with van der Waals surface area (Å²) in [6.07, 6.45) is 3.59. The van der Waals surface area contributed by atoms with E-state index in [9.17, 15) is 28.1 Å². The first-order valence-electron chi connectivity index (χ1n) is 10.2. The predicted molar refractivity (Wildman–Crippen MR) is 115 cm³/mol. The quantitative estimate of drug-likeness (QED) is 0.314. The molecule has 0 N–H and O–H groups in total. The molecule has 2 heterocycles. The molecule has 168 valence electrons. The van der Waals surface area contributed by atoms with Gasteiger partial charge in [0.25, 0.3) is 5.69 Å². The van der Waals surface area contributed by atoms with Crippen LogP contribution in [0.25, 0.3) is 11.1 Å². The number of oxazole rings is 1. The van der Waals surface area contributed by atoms with Crippen LogP contribution >= 0.6 is 0 Å². The van der Waals surface area contributed by atoms with Crippen LogP contribution < -0.4 is 5.76 Å². The molecule has 0 bridgehead atoms. The zero-order valence-corrected chi connectivity index (χ0v) is 17.9. The zero-order chi connectivity index (χ0) is 22.9. The van der Waals surface area contributed by atoms with Crippen molar-refractivity contribution in [1.29, 1.82) is 0 Å². The maximum Gasteiger partial charge on any atom is 0.420 e. The molecule has 11 heteroatoms. The lowest BCUT2D eigenvalue weighted by Gasteiger charge is -2.19. The van der Waals surface area contributed by atoms with Gasteiger partial charge in [-0.05, 0) is 37.1 Å². The Morgan fingerprint density at radius 1 is 1.03 bits per heavy atom. The number of nitro benzene ring substituents is 1. The molecule has 1 aliphatic heterocycles.